The summed E-state index contributed by atoms with van der Waals surface area (Å²) in [6.45, 7) is 4.95. The topological polar surface area (TPSA) is 80.0 Å². The summed E-state index contributed by atoms with van der Waals surface area (Å²) in [5.74, 6) is 1.14. The van der Waals surface area contributed by atoms with Crippen LogP contribution in [-0.4, -0.2) is 22.4 Å². The van der Waals surface area contributed by atoms with Crippen LogP contribution in [-0.2, 0) is 13.0 Å². The smallest absolute Gasteiger partial charge is 0.253 e. The molecule has 0 aliphatic carbocycles. The van der Waals surface area contributed by atoms with Gasteiger partial charge >= 0.3 is 0 Å². The second-order valence-corrected chi connectivity index (χ2v) is 4.21. The third-order valence-electron chi connectivity index (χ3n) is 2.78. The first-order valence-electron chi connectivity index (χ1n) is 6.64. The SMILES string of the molecule is CCNc1cnccc1C(=O)NCc1ncc(CC)o1. The van der Waals surface area contributed by atoms with Gasteiger partial charge in [-0.3, -0.25) is 9.78 Å². The molecular formula is C14H18N4O2. The lowest BCUT2D eigenvalue weighted by atomic mass is 10.2. The zero-order valence-corrected chi connectivity index (χ0v) is 11.6. The summed E-state index contributed by atoms with van der Waals surface area (Å²) in [6, 6.07) is 1.68. The Labute approximate surface area is 117 Å². The fraction of sp³-hybridized carbons (Fsp3) is 0.357. The molecule has 0 saturated heterocycles. The number of anilines is 1. The van der Waals surface area contributed by atoms with Crippen molar-refractivity contribution < 1.29 is 9.21 Å². The number of aryl methyl sites for hydroxylation is 1. The van der Waals surface area contributed by atoms with E-state index in [9.17, 15) is 4.79 Å². The second-order valence-electron chi connectivity index (χ2n) is 4.21. The Kier molecular flexibility index (Phi) is 4.70. The lowest BCUT2D eigenvalue weighted by Gasteiger charge is -2.09. The molecule has 0 unspecified atom stereocenters. The molecule has 0 bridgehead atoms. The van der Waals surface area contributed by atoms with Crippen LogP contribution in [0.2, 0.25) is 0 Å². The van der Waals surface area contributed by atoms with E-state index in [0.717, 1.165) is 18.7 Å². The highest BCUT2D eigenvalue weighted by Crippen LogP contribution is 2.13. The van der Waals surface area contributed by atoms with Crippen molar-refractivity contribution in [3.63, 3.8) is 0 Å². The van der Waals surface area contributed by atoms with E-state index in [1.807, 2.05) is 13.8 Å². The van der Waals surface area contributed by atoms with E-state index < -0.39 is 0 Å². The highest BCUT2D eigenvalue weighted by molar-refractivity contribution is 5.99. The Hall–Kier alpha value is -2.37. The van der Waals surface area contributed by atoms with Crippen molar-refractivity contribution in [2.24, 2.45) is 0 Å². The van der Waals surface area contributed by atoms with E-state index in [2.05, 4.69) is 20.6 Å². The quantitative estimate of drug-likeness (QED) is 0.842. The second kappa shape index (κ2) is 6.70. The highest BCUT2D eigenvalue weighted by atomic mass is 16.4. The van der Waals surface area contributed by atoms with Crippen molar-refractivity contribution in [1.82, 2.24) is 15.3 Å². The van der Waals surface area contributed by atoms with Crippen LogP contribution >= 0.6 is 0 Å². The molecule has 0 fully saturated rings. The number of nitrogens with one attached hydrogen (secondary N) is 2. The normalized spacial score (nSPS) is 10.3. The number of nitrogens with zero attached hydrogens (tertiary/aromatic N) is 2. The summed E-state index contributed by atoms with van der Waals surface area (Å²) in [5.41, 5.74) is 1.28. The van der Waals surface area contributed by atoms with E-state index in [4.69, 9.17) is 4.42 Å². The number of amides is 1. The van der Waals surface area contributed by atoms with Crippen molar-refractivity contribution in [2.45, 2.75) is 26.8 Å². The van der Waals surface area contributed by atoms with Crippen LogP contribution in [0, 0.1) is 0 Å². The van der Waals surface area contributed by atoms with Gasteiger partial charge in [0.25, 0.3) is 5.91 Å². The lowest BCUT2D eigenvalue weighted by Crippen LogP contribution is -2.24. The van der Waals surface area contributed by atoms with Gasteiger partial charge in [-0.05, 0) is 13.0 Å². The molecule has 0 radical (unpaired) electrons. The molecule has 2 heterocycles. The first-order chi connectivity index (χ1) is 9.74. The Morgan fingerprint density at radius 2 is 2.20 bits per heavy atom. The number of hydrogen-bond acceptors (Lipinski definition) is 5. The van der Waals surface area contributed by atoms with Crippen LogP contribution in [0.5, 0.6) is 0 Å². The third kappa shape index (κ3) is 3.34. The van der Waals surface area contributed by atoms with Gasteiger partial charge in [-0.2, -0.15) is 0 Å². The van der Waals surface area contributed by atoms with Crippen molar-refractivity contribution >= 4 is 11.6 Å². The van der Waals surface area contributed by atoms with E-state index >= 15 is 0 Å². The molecule has 2 rings (SSSR count). The molecule has 0 aliphatic rings. The first-order valence-corrected chi connectivity index (χ1v) is 6.64. The summed E-state index contributed by atoms with van der Waals surface area (Å²) < 4.78 is 5.44. The zero-order valence-electron chi connectivity index (χ0n) is 11.6. The van der Waals surface area contributed by atoms with Crippen molar-refractivity contribution in [1.29, 1.82) is 0 Å². The standard InChI is InChI=1S/C14H18N4O2/c1-3-10-7-17-13(20-10)9-18-14(19)11-5-6-15-8-12(11)16-4-2/h5-8,16H,3-4,9H2,1-2H3,(H,18,19). The molecule has 2 aromatic heterocycles. The number of aromatic nitrogens is 2. The Balaban J connectivity index is 2.01. The number of carbonyl (C=O) groups is 1. The van der Waals surface area contributed by atoms with Crippen LogP contribution < -0.4 is 10.6 Å². The number of pyridine rings is 1. The third-order valence-corrected chi connectivity index (χ3v) is 2.78. The van der Waals surface area contributed by atoms with Gasteiger partial charge in [0.15, 0.2) is 0 Å². The minimum atomic E-state index is -0.181. The van der Waals surface area contributed by atoms with Gasteiger partial charge in [0, 0.05) is 19.2 Å². The average Bonchev–Trinajstić information content (AvgIpc) is 2.94. The molecule has 20 heavy (non-hydrogen) atoms. The van der Waals surface area contributed by atoms with Gasteiger partial charge in [-0.15, -0.1) is 0 Å². The fourth-order valence-corrected chi connectivity index (χ4v) is 1.77. The summed E-state index contributed by atoms with van der Waals surface area (Å²) in [4.78, 5) is 20.2. The van der Waals surface area contributed by atoms with Crippen LogP contribution in [0.4, 0.5) is 5.69 Å². The largest absolute Gasteiger partial charge is 0.444 e. The van der Waals surface area contributed by atoms with Crippen LogP contribution in [0.1, 0.15) is 35.9 Å². The molecule has 0 aliphatic heterocycles. The number of hydrogen-bond donors (Lipinski definition) is 2. The van der Waals surface area contributed by atoms with Crippen molar-refractivity contribution in [3.05, 3.63) is 41.9 Å². The molecule has 0 atom stereocenters. The van der Waals surface area contributed by atoms with Crippen molar-refractivity contribution in [3.8, 4) is 0 Å². The molecule has 2 N–H and O–H groups in total. The molecule has 106 valence electrons. The Bertz CT molecular complexity index is 580. The molecular weight excluding hydrogens is 256 g/mol. The van der Waals surface area contributed by atoms with Gasteiger partial charge in [-0.25, -0.2) is 4.98 Å². The molecule has 0 saturated carbocycles. The van der Waals surface area contributed by atoms with Crippen LogP contribution in [0.15, 0.2) is 29.1 Å². The molecule has 0 spiro atoms. The lowest BCUT2D eigenvalue weighted by molar-refractivity contribution is 0.0948. The minimum absolute atomic E-state index is 0.181. The maximum atomic E-state index is 12.1. The predicted octanol–water partition coefficient (Wildman–Crippen LogP) is 1.99. The highest BCUT2D eigenvalue weighted by Gasteiger charge is 2.11. The van der Waals surface area contributed by atoms with E-state index in [0.29, 0.717) is 17.1 Å². The summed E-state index contributed by atoms with van der Waals surface area (Å²) >= 11 is 0. The first kappa shape index (κ1) is 14.0. The maximum Gasteiger partial charge on any atom is 0.253 e. The average molecular weight is 274 g/mol. The maximum absolute atomic E-state index is 12.1. The molecule has 2 aromatic rings. The monoisotopic (exact) mass is 274 g/mol. The fourth-order valence-electron chi connectivity index (χ4n) is 1.77. The van der Waals surface area contributed by atoms with E-state index in [1.165, 1.54) is 0 Å². The van der Waals surface area contributed by atoms with Gasteiger partial charge in [0.05, 0.1) is 30.2 Å². The van der Waals surface area contributed by atoms with Gasteiger partial charge in [0.1, 0.15) is 5.76 Å². The summed E-state index contributed by atoms with van der Waals surface area (Å²) in [5, 5.41) is 5.89. The zero-order chi connectivity index (χ0) is 14.4. The van der Waals surface area contributed by atoms with Gasteiger partial charge in [-0.1, -0.05) is 6.92 Å². The number of oxazole rings is 1. The van der Waals surface area contributed by atoms with Gasteiger partial charge in [0.2, 0.25) is 5.89 Å². The summed E-state index contributed by atoms with van der Waals surface area (Å²) in [6.07, 6.45) is 5.70. The van der Waals surface area contributed by atoms with E-state index in [1.54, 1.807) is 24.7 Å². The number of rotatable bonds is 6. The molecule has 6 heteroatoms. The predicted molar refractivity (Wildman–Crippen MR) is 75.5 cm³/mol. The minimum Gasteiger partial charge on any atom is -0.444 e. The van der Waals surface area contributed by atoms with Gasteiger partial charge < -0.3 is 15.1 Å². The molecule has 1 amide bonds. The molecule has 0 aromatic carbocycles. The van der Waals surface area contributed by atoms with Crippen LogP contribution in [0.3, 0.4) is 0 Å². The summed E-state index contributed by atoms with van der Waals surface area (Å²) in [7, 11) is 0. The Morgan fingerprint density at radius 1 is 1.35 bits per heavy atom. The van der Waals surface area contributed by atoms with Crippen molar-refractivity contribution in [2.75, 3.05) is 11.9 Å². The molecule has 6 nitrogen and oxygen atoms in total. The van der Waals surface area contributed by atoms with Crippen LogP contribution in [0.25, 0.3) is 0 Å². The Morgan fingerprint density at radius 3 is 2.90 bits per heavy atom. The number of carbonyl (C=O) groups excluding carboxylic acids is 1. The van der Waals surface area contributed by atoms with E-state index in [-0.39, 0.29) is 12.5 Å².